The molecule has 1 N–H and O–H groups in total. The fraction of sp³-hybridized carbons (Fsp3) is 0.286. The Hall–Kier alpha value is -3.42. The monoisotopic (exact) mass is 397 g/mol. The molecule has 2 aliphatic rings. The van der Waals surface area contributed by atoms with Gasteiger partial charge in [-0.1, -0.05) is 0 Å². The molecule has 0 bridgehead atoms. The van der Waals surface area contributed by atoms with Crippen LogP contribution in [-0.4, -0.2) is 35.8 Å². The molecule has 0 atom stereocenters. The molecule has 2 fully saturated rings. The average molecular weight is 397 g/mol. The highest BCUT2D eigenvalue weighted by Crippen LogP contribution is 2.25. The van der Waals surface area contributed by atoms with E-state index in [-0.39, 0.29) is 17.7 Å². The zero-order valence-corrected chi connectivity index (χ0v) is 15.7. The molecule has 0 aliphatic carbocycles. The van der Waals surface area contributed by atoms with E-state index in [0.717, 1.165) is 36.5 Å². The van der Waals surface area contributed by atoms with Gasteiger partial charge in [0.1, 0.15) is 17.2 Å². The summed E-state index contributed by atoms with van der Waals surface area (Å²) in [4.78, 5) is 39.9. The summed E-state index contributed by atoms with van der Waals surface area (Å²) in [6, 6.07) is 7.13. The Labute approximate surface area is 166 Å². The molecule has 2 saturated heterocycles. The Balaban J connectivity index is 1.59. The van der Waals surface area contributed by atoms with Crippen molar-refractivity contribution in [1.29, 1.82) is 0 Å². The summed E-state index contributed by atoms with van der Waals surface area (Å²) >= 11 is 0. The maximum Gasteiger partial charge on any atom is 0.331 e. The number of amides is 4. The second kappa shape index (κ2) is 7.90. The number of nitrogens with one attached hydrogen (secondary N) is 1. The molecule has 2 aromatic rings. The van der Waals surface area contributed by atoms with E-state index in [1.165, 1.54) is 24.8 Å². The van der Waals surface area contributed by atoms with Crippen molar-refractivity contribution in [3.63, 3.8) is 0 Å². The number of hydrogen-bond donors (Lipinski definition) is 1. The van der Waals surface area contributed by atoms with Gasteiger partial charge in [-0.15, -0.1) is 0 Å². The summed E-state index contributed by atoms with van der Waals surface area (Å²) in [6.07, 6.45) is 5.91. The topological polar surface area (TPSA) is 82.9 Å². The molecule has 3 heterocycles. The minimum absolute atomic E-state index is 0.108. The number of piperidine rings is 1. The van der Waals surface area contributed by atoms with Crippen molar-refractivity contribution in [2.45, 2.75) is 25.8 Å². The average Bonchev–Trinajstić information content (AvgIpc) is 3.23. The zero-order valence-electron chi connectivity index (χ0n) is 15.7. The fourth-order valence-electron chi connectivity index (χ4n) is 3.53. The lowest BCUT2D eigenvalue weighted by Gasteiger charge is -2.29. The van der Waals surface area contributed by atoms with Crippen LogP contribution in [0.25, 0.3) is 6.08 Å². The molecule has 150 valence electrons. The van der Waals surface area contributed by atoms with Crippen LogP contribution in [-0.2, 0) is 16.1 Å². The molecule has 0 spiro atoms. The molecule has 29 heavy (non-hydrogen) atoms. The fourth-order valence-corrected chi connectivity index (χ4v) is 3.53. The molecule has 0 radical (unpaired) electrons. The van der Waals surface area contributed by atoms with E-state index in [0.29, 0.717) is 5.76 Å². The van der Waals surface area contributed by atoms with Gasteiger partial charge in [0.2, 0.25) is 0 Å². The van der Waals surface area contributed by atoms with Crippen LogP contribution in [0, 0.1) is 5.82 Å². The van der Waals surface area contributed by atoms with Gasteiger partial charge in [0, 0.05) is 24.3 Å². The van der Waals surface area contributed by atoms with Crippen LogP contribution in [0.4, 0.5) is 14.9 Å². The van der Waals surface area contributed by atoms with Crippen LogP contribution in [0.3, 0.4) is 0 Å². The normalized spacial score (nSPS) is 19.1. The van der Waals surface area contributed by atoms with Crippen LogP contribution in [0.5, 0.6) is 0 Å². The summed E-state index contributed by atoms with van der Waals surface area (Å²) < 4.78 is 19.8. The van der Waals surface area contributed by atoms with E-state index < -0.39 is 23.7 Å². The molecular weight excluding hydrogens is 377 g/mol. The maximum absolute atomic E-state index is 14.7. The van der Waals surface area contributed by atoms with Crippen molar-refractivity contribution in [2.75, 3.05) is 18.0 Å². The van der Waals surface area contributed by atoms with Gasteiger partial charge < -0.3 is 9.32 Å². The smallest absolute Gasteiger partial charge is 0.331 e. The maximum atomic E-state index is 14.7. The quantitative estimate of drug-likeness (QED) is 0.633. The van der Waals surface area contributed by atoms with Gasteiger partial charge in [-0.05, 0) is 55.7 Å². The van der Waals surface area contributed by atoms with Gasteiger partial charge >= 0.3 is 6.03 Å². The van der Waals surface area contributed by atoms with Crippen molar-refractivity contribution < 1.29 is 23.2 Å². The van der Waals surface area contributed by atoms with Crippen molar-refractivity contribution in [2.24, 2.45) is 0 Å². The number of nitrogens with zero attached hydrogens (tertiary/aromatic N) is 2. The highest BCUT2D eigenvalue weighted by atomic mass is 19.1. The predicted octanol–water partition coefficient (Wildman–Crippen LogP) is 3.07. The van der Waals surface area contributed by atoms with Gasteiger partial charge in [0.15, 0.2) is 0 Å². The van der Waals surface area contributed by atoms with Crippen molar-refractivity contribution in [1.82, 2.24) is 10.2 Å². The standard InChI is InChI=1S/C21H20FN3O4/c22-18-12-15(24-8-2-1-3-9-24)7-6-14(18)11-17-19(26)23-21(28)25(20(17)27)13-16-5-4-10-29-16/h4-7,10-12H,1-3,8-9,13H2,(H,23,26,28). The van der Waals surface area contributed by atoms with E-state index in [2.05, 4.69) is 10.2 Å². The Morgan fingerprint density at radius 2 is 1.90 bits per heavy atom. The lowest BCUT2D eigenvalue weighted by Crippen LogP contribution is -2.53. The summed E-state index contributed by atoms with van der Waals surface area (Å²) in [5.74, 6) is -1.79. The molecule has 1 aromatic heterocycles. The molecular formula is C21H20FN3O4. The van der Waals surface area contributed by atoms with E-state index in [1.807, 2.05) is 0 Å². The number of urea groups is 1. The molecule has 7 nitrogen and oxygen atoms in total. The SMILES string of the molecule is O=C1NC(=O)N(Cc2ccco2)C(=O)C1=Cc1ccc(N2CCCCC2)cc1F. The number of carbonyl (C=O) groups is 3. The predicted molar refractivity (Wildman–Crippen MR) is 103 cm³/mol. The van der Waals surface area contributed by atoms with Crippen molar-refractivity contribution >= 4 is 29.6 Å². The number of anilines is 1. The lowest BCUT2D eigenvalue weighted by molar-refractivity contribution is -0.130. The number of hydrogen-bond acceptors (Lipinski definition) is 5. The first-order valence-electron chi connectivity index (χ1n) is 9.48. The van der Waals surface area contributed by atoms with E-state index in [9.17, 15) is 18.8 Å². The summed E-state index contributed by atoms with van der Waals surface area (Å²) in [6.45, 7) is 1.63. The van der Waals surface area contributed by atoms with Crippen LogP contribution < -0.4 is 10.2 Å². The number of barbiturate groups is 1. The number of benzene rings is 1. The molecule has 4 rings (SSSR count). The van der Waals surface area contributed by atoms with Gasteiger partial charge in [-0.2, -0.15) is 0 Å². The summed E-state index contributed by atoms with van der Waals surface area (Å²) in [5, 5.41) is 2.11. The molecule has 2 aliphatic heterocycles. The highest BCUT2D eigenvalue weighted by Gasteiger charge is 2.36. The second-order valence-corrected chi connectivity index (χ2v) is 7.04. The third-order valence-electron chi connectivity index (χ3n) is 5.08. The van der Waals surface area contributed by atoms with Crippen LogP contribution in [0.2, 0.25) is 0 Å². The van der Waals surface area contributed by atoms with Crippen molar-refractivity contribution in [3.8, 4) is 0 Å². The largest absolute Gasteiger partial charge is 0.467 e. The highest BCUT2D eigenvalue weighted by molar-refractivity contribution is 6.30. The Bertz CT molecular complexity index is 978. The Morgan fingerprint density at radius 1 is 1.10 bits per heavy atom. The summed E-state index contributed by atoms with van der Waals surface area (Å²) in [7, 11) is 0. The number of furan rings is 1. The van der Waals surface area contributed by atoms with E-state index in [1.54, 1.807) is 24.3 Å². The third kappa shape index (κ3) is 3.91. The van der Waals surface area contributed by atoms with Gasteiger partial charge in [0.25, 0.3) is 11.8 Å². The van der Waals surface area contributed by atoms with Crippen LogP contribution >= 0.6 is 0 Å². The molecule has 8 heteroatoms. The number of halogens is 1. The Kier molecular flexibility index (Phi) is 5.16. The van der Waals surface area contributed by atoms with Crippen LogP contribution in [0.1, 0.15) is 30.6 Å². The first-order valence-corrected chi connectivity index (χ1v) is 9.48. The minimum Gasteiger partial charge on any atom is -0.467 e. The molecule has 1 aromatic carbocycles. The first-order chi connectivity index (χ1) is 14.0. The van der Waals surface area contributed by atoms with E-state index >= 15 is 0 Å². The third-order valence-corrected chi connectivity index (χ3v) is 5.08. The lowest BCUT2D eigenvalue weighted by atomic mass is 10.1. The number of imide groups is 2. The minimum atomic E-state index is -0.852. The number of carbonyl (C=O) groups excluding carboxylic acids is 3. The van der Waals surface area contributed by atoms with Crippen molar-refractivity contribution in [3.05, 3.63) is 59.3 Å². The molecule has 0 saturated carbocycles. The second-order valence-electron chi connectivity index (χ2n) is 7.04. The van der Waals surface area contributed by atoms with Gasteiger partial charge in [-0.3, -0.25) is 19.8 Å². The van der Waals surface area contributed by atoms with E-state index in [4.69, 9.17) is 4.42 Å². The zero-order chi connectivity index (χ0) is 20.4. The van der Waals surface area contributed by atoms with Crippen LogP contribution in [0.15, 0.2) is 46.6 Å². The Morgan fingerprint density at radius 3 is 2.59 bits per heavy atom. The first kappa shape index (κ1) is 18.9. The van der Waals surface area contributed by atoms with Gasteiger partial charge in [-0.25, -0.2) is 9.18 Å². The molecule has 4 amide bonds. The van der Waals surface area contributed by atoms with Gasteiger partial charge in [0.05, 0.1) is 12.8 Å². The number of rotatable bonds is 4. The molecule has 0 unspecified atom stereocenters. The summed E-state index contributed by atoms with van der Waals surface area (Å²) in [5.41, 5.74) is 0.579.